The molecule has 2 aromatic rings. The minimum absolute atomic E-state index is 0.149. The Labute approximate surface area is 73.0 Å². The lowest BCUT2D eigenvalue weighted by Gasteiger charge is -1.95. The van der Waals surface area contributed by atoms with Crippen LogP contribution in [0.4, 0.5) is 5.95 Å². The number of H-pyrrole nitrogens is 1. The number of carbonyl (C=O) groups excluding carboxylic acids is 1. The van der Waals surface area contributed by atoms with Crippen LogP contribution in [0.25, 0.3) is 0 Å². The fourth-order valence-corrected chi connectivity index (χ4v) is 0.836. The minimum Gasteiger partial charge on any atom is -0.351 e. The van der Waals surface area contributed by atoms with Crippen LogP contribution in [0.1, 0.15) is 10.6 Å². The van der Waals surface area contributed by atoms with Gasteiger partial charge in [-0.05, 0) is 0 Å². The molecule has 0 radical (unpaired) electrons. The Morgan fingerprint density at radius 2 is 2.46 bits per heavy atom. The third kappa shape index (κ3) is 1.56. The number of aromatic amines is 1. The fourth-order valence-electron chi connectivity index (χ4n) is 0.836. The molecular weight excluding hydrogens is 172 g/mol. The second-order valence-electron chi connectivity index (χ2n) is 2.27. The van der Waals surface area contributed by atoms with Crippen LogP contribution in [0.5, 0.6) is 0 Å². The maximum absolute atomic E-state index is 11.3. The third-order valence-corrected chi connectivity index (χ3v) is 1.39. The van der Waals surface area contributed by atoms with Crippen molar-refractivity contribution in [1.82, 2.24) is 15.1 Å². The molecule has 0 aromatic carbocycles. The first-order chi connectivity index (χ1) is 6.36. The van der Waals surface area contributed by atoms with Crippen LogP contribution < -0.4 is 5.32 Å². The minimum atomic E-state index is -0.382. The average molecular weight is 178 g/mol. The Hall–Kier alpha value is -2.11. The molecule has 0 aliphatic rings. The molecule has 66 valence electrons. The van der Waals surface area contributed by atoms with Crippen molar-refractivity contribution in [3.8, 4) is 0 Å². The zero-order chi connectivity index (χ0) is 9.10. The Balaban J connectivity index is 2.08. The van der Waals surface area contributed by atoms with Gasteiger partial charge in [0.2, 0.25) is 11.7 Å². The molecule has 2 N–H and O–H groups in total. The maximum atomic E-state index is 11.3. The molecule has 0 bridgehead atoms. The van der Waals surface area contributed by atoms with Gasteiger partial charge in [-0.15, -0.1) is 0 Å². The normalized spacial score (nSPS) is 9.85. The van der Waals surface area contributed by atoms with Gasteiger partial charge in [0.1, 0.15) is 0 Å². The summed E-state index contributed by atoms with van der Waals surface area (Å²) in [4.78, 5) is 17.8. The van der Waals surface area contributed by atoms with E-state index < -0.39 is 0 Å². The van der Waals surface area contributed by atoms with Crippen molar-refractivity contribution >= 4 is 11.9 Å². The number of hydrogen-bond donors (Lipinski definition) is 2. The average Bonchev–Trinajstić information content (AvgIpc) is 2.74. The van der Waals surface area contributed by atoms with Gasteiger partial charge in [-0.3, -0.25) is 10.1 Å². The largest absolute Gasteiger partial charge is 0.351 e. The van der Waals surface area contributed by atoms with Gasteiger partial charge in [0, 0.05) is 18.5 Å². The molecule has 0 spiro atoms. The first kappa shape index (κ1) is 7.53. The van der Waals surface area contributed by atoms with Gasteiger partial charge in [0.05, 0.1) is 6.20 Å². The quantitative estimate of drug-likeness (QED) is 0.707. The van der Waals surface area contributed by atoms with Gasteiger partial charge in [-0.1, -0.05) is 5.16 Å². The van der Waals surface area contributed by atoms with Gasteiger partial charge >= 0.3 is 0 Å². The highest BCUT2D eigenvalue weighted by molar-refractivity contribution is 6.00. The molecule has 6 heteroatoms. The highest BCUT2D eigenvalue weighted by Gasteiger charge is 2.10. The molecule has 13 heavy (non-hydrogen) atoms. The van der Waals surface area contributed by atoms with E-state index in [0.717, 1.165) is 0 Å². The maximum Gasteiger partial charge on any atom is 0.296 e. The molecule has 6 nitrogen and oxygen atoms in total. The monoisotopic (exact) mass is 178 g/mol. The van der Waals surface area contributed by atoms with Crippen LogP contribution in [0.3, 0.4) is 0 Å². The molecule has 1 amide bonds. The predicted octanol–water partition coefficient (Wildman–Crippen LogP) is 0.650. The number of carbonyl (C=O) groups is 1. The van der Waals surface area contributed by atoms with Crippen LogP contribution in [-0.2, 0) is 0 Å². The summed E-state index contributed by atoms with van der Waals surface area (Å²) in [6, 6.07) is 1.47. The summed E-state index contributed by atoms with van der Waals surface area (Å²) in [6.45, 7) is 0. The Morgan fingerprint density at radius 3 is 3.08 bits per heavy atom. The molecule has 0 atom stereocenters. The zero-order valence-electron chi connectivity index (χ0n) is 6.52. The van der Waals surface area contributed by atoms with Crippen LogP contribution in [-0.4, -0.2) is 21.0 Å². The summed E-state index contributed by atoms with van der Waals surface area (Å²) in [5, 5.41) is 5.89. The van der Waals surface area contributed by atoms with Gasteiger partial charge in [0.15, 0.2) is 0 Å². The van der Waals surface area contributed by atoms with E-state index in [2.05, 4.69) is 25.0 Å². The van der Waals surface area contributed by atoms with Crippen LogP contribution >= 0.6 is 0 Å². The van der Waals surface area contributed by atoms with Gasteiger partial charge in [-0.25, -0.2) is 4.98 Å². The van der Waals surface area contributed by atoms with Crippen LogP contribution in [0, 0.1) is 0 Å². The van der Waals surface area contributed by atoms with E-state index in [0.29, 0.717) is 5.95 Å². The second kappa shape index (κ2) is 3.10. The number of aromatic nitrogens is 3. The molecule has 2 rings (SSSR count). The number of amides is 1. The number of imidazole rings is 1. The lowest BCUT2D eigenvalue weighted by molar-refractivity contribution is 0.0987. The van der Waals surface area contributed by atoms with Gasteiger partial charge < -0.3 is 9.51 Å². The first-order valence-electron chi connectivity index (χ1n) is 3.57. The molecule has 0 saturated heterocycles. The predicted molar refractivity (Wildman–Crippen MR) is 43.0 cm³/mol. The molecule has 0 saturated carbocycles. The highest BCUT2D eigenvalue weighted by Crippen LogP contribution is 2.01. The lowest BCUT2D eigenvalue weighted by Crippen LogP contribution is -2.11. The highest BCUT2D eigenvalue weighted by atomic mass is 16.5. The number of nitrogens with zero attached hydrogens (tertiary/aromatic N) is 2. The molecule has 0 unspecified atom stereocenters. The molecule has 2 heterocycles. The number of nitrogens with one attached hydrogen (secondary N) is 2. The molecule has 0 fully saturated rings. The van der Waals surface area contributed by atoms with Crippen molar-refractivity contribution in [3.05, 3.63) is 30.4 Å². The van der Waals surface area contributed by atoms with E-state index in [1.807, 2.05) is 0 Å². The molecule has 2 aromatic heterocycles. The first-order valence-corrected chi connectivity index (χ1v) is 3.57. The topological polar surface area (TPSA) is 83.8 Å². The van der Waals surface area contributed by atoms with Crippen molar-refractivity contribution in [2.24, 2.45) is 0 Å². The molecule has 0 aliphatic heterocycles. The Bertz CT molecular complexity index is 379. The van der Waals surface area contributed by atoms with Crippen LogP contribution in [0.2, 0.25) is 0 Å². The van der Waals surface area contributed by atoms with E-state index in [1.54, 1.807) is 6.20 Å². The van der Waals surface area contributed by atoms with Crippen molar-refractivity contribution < 1.29 is 9.32 Å². The standard InChI is InChI=1S/C7H6N4O2/c12-6(5-1-2-10-13-5)11-7-8-3-4-9-7/h1-4H,(H2,8,9,11,12). The van der Waals surface area contributed by atoms with E-state index in [-0.39, 0.29) is 11.7 Å². The summed E-state index contributed by atoms with van der Waals surface area (Å²) < 4.78 is 4.64. The Kier molecular flexibility index (Phi) is 1.79. The summed E-state index contributed by atoms with van der Waals surface area (Å²) in [6.07, 6.45) is 4.54. The second-order valence-corrected chi connectivity index (χ2v) is 2.27. The van der Waals surface area contributed by atoms with E-state index >= 15 is 0 Å². The summed E-state index contributed by atoms with van der Waals surface area (Å²) in [5.41, 5.74) is 0. The third-order valence-electron chi connectivity index (χ3n) is 1.39. The number of hydrogen-bond acceptors (Lipinski definition) is 4. The van der Waals surface area contributed by atoms with Crippen molar-refractivity contribution in [3.63, 3.8) is 0 Å². The lowest BCUT2D eigenvalue weighted by atomic mass is 10.4. The zero-order valence-corrected chi connectivity index (χ0v) is 6.52. The fraction of sp³-hybridized carbons (Fsp3) is 0. The summed E-state index contributed by atoms with van der Waals surface area (Å²) in [7, 11) is 0. The van der Waals surface area contributed by atoms with E-state index in [4.69, 9.17) is 0 Å². The van der Waals surface area contributed by atoms with Crippen molar-refractivity contribution in [2.45, 2.75) is 0 Å². The molecule has 0 aliphatic carbocycles. The summed E-state index contributed by atoms with van der Waals surface area (Å²) >= 11 is 0. The number of rotatable bonds is 2. The smallest absolute Gasteiger partial charge is 0.296 e. The Morgan fingerprint density at radius 1 is 1.54 bits per heavy atom. The van der Waals surface area contributed by atoms with Crippen LogP contribution in [0.15, 0.2) is 29.2 Å². The van der Waals surface area contributed by atoms with E-state index in [1.165, 1.54) is 18.5 Å². The number of anilines is 1. The van der Waals surface area contributed by atoms with E-state index in [9.17, 15) is 4.79 Å². The SMILES string of the molecule is O=C(Nc1ncc[nH]1)c1ccno1. The van der Waals surface area contributed by atoms with Crippen molar-refractivity contribution in [1.29, 1.82) is 0 Å². The molecular formula is C7H6N4O2. The summed E-state index contributed by atoms with van der Waals surface area (Å²) in [5.74, 6) is 0.144. The van der Waals surface area contributed by atoms with Crippen molar-refractivity contribution in [2.75, 3.05) is 5.32 Å². The van der Waals surface area contributed by atoms with Gasteiger partial charge in [0.25, 0.3) is 5.91 Å². The van der Waals surface area contributed by atoms with Gasteiger partial charge in [-0.2, -0.15) is 0 Å².